The smallest absolute Gasteiger partial charge is 0.151 e. The summed E-state index contributed by atoms with van der Waals surface area (Å²) in [5.41, 5.74) is -0.00299. The van der Waals surface area contributed by atoms with Gasteiger partial charge in [-0.3, -0.25) is 0 Å². The molecule has 0 radical (unpaired) electrons. The summed E-state index contributed by atoms with van der Waals surface area (Å²) < 4.78 is 0. The lowest BCUT2D eigenvalue weighted by atomic mass is 10.2. The van der Waals surface area contributed by atoms with Gasteiger partial charge in [0, 0.05) is 0 Å². The monoisotopic (exact) mass is 194 g/mol. The Morgan fingerprint density at radius 3 is 1.93 bits per heavy atom. The normalized spacial score (nSPS) is 9.13. The average molecular weight is 194 g/mol. The van der Waals surface area contributed by atoms with E-state index >= 15 is 0 Å². The lowest BCUT2D eigenvalue weighted by molar-refractivity contribution is 1.09. The van der Waals surface area contributed by atoms with Crippen LogP contribution in [0, 0.1) is 51.2 Å². The van der Waals surface area contributed by atoms with Gasteiger partial charge in [-0.05, 0) is 6.08 Å². The topological polar surface area (TPSA) is 95.2 Å². The zero-order valence-electron chi connectivity index (χ0n) is 7.75. The van der Waals surface area contributed by atoms with Crippen molar-refractivity contribution in [3.8, 4) is 24.3 Å². The van der Waals surface area contributed by atoms with Crippen LogP contribution in [0.2, 0.25) is 0 Å². The number of nitrogens with zero attached hydrogens (tertiary/aromatic N) is 4. The van der Waals surface area contributed by atoms with Crippen LogP contribution >= 0.6 is 0 Å². The van der Waals surface area contributed by atoms with Gasteiger partial charge >= 0.3 is 0 Å². The molecule has 0 N–H and O–H groups in total. The van der Waals surface area contributed by atoms with Crippen LogP contribution in [0.4, 0.5) is 0 Å². The number of hydrogen-bond donors (Lipinski definition) is 0. The van der Waals surface area contributed by atoms with Gasteiger partial charge in [0.25, 0.3) is 0 Å². The summed E-state index contributed by atoms with van der Waals surface area (Å²) in [4.78, 5) is 0. The Labute approximate surface area is 87.9 Å². The predicted molar refractivity (Wildman–Crippen MR) is 52.3 cm³/mol. The van der Waals surface area contributed by atoms with Gasteiger partial charge in [-0.15, -0.1) is 0 Å². The van der Waals surface area contributed by atoms with E-state index in [9.17, 15) is 0 Å². The van der Waals surface area contributed by atoms with Gasteiger partial charge in [-0.25, -0.2) is 0 Å². The van der Waals surface area contributed by atoms with E-state index in [1.54, 1.807) is 24.3 Å². The molecular formula is C11H6N4. The Kier molecular flexibility index (Phi) is 6.34. The zero-order valence-corrected chi connectivity index (χ0v) is 7.75. The molecule has 0 rings (SSSR count). The van der Waals surface area contributed by atoms with Crippen LogP contribution in [-0.4, -0.2) is 0 Å². The molecule has 15 heavy (non-hydrogen) atoms. The molecule has 0 heterocycles. The third-order valence-corrected chi connectivity index (χ3v) is 1.31. The van der Waals surface area contributed by atoms with Gasteiger partial charge in [0.1, 0.15) is 17.7 Å². The molecule has 0 aliphatic rings. The second-order valence-corrected chi connectivity index (χ2v) is 2.31. The minimum Gasteiger partial charge on any atom is -0.197 e. The van der Waals surface area contributed by atoms with Crippen LogP contribution in [0.3, 0.4) is 0 Å². The zero-order chi connectivity index (χ0) is 11.5. The van der Waals surface area contributed by atoms with Crippen molar-refractivity contribution < 1.29 is 0 Å². The van der Waals surface area contributed by atoms with Crippen molar-refractivity contribution in [1.29, 1.82) is 21.0 Å². The SMILES string of the molecule is N#CC(C#N)=C/C=C/C=C/C(C#N)C#N. The minimum atomic E-state index is -0.773. The van der Waals surface area contributed by atoms with Crippen LogP contribution in [0.15, 0.2) is 36.0 Å². The molecule has 0 aliphatic carbocycles. The maximum absolute atomic E-state index is 8.40. The van der Waals surface area contributed by atoms with Gasteiger partial charge in [0.05, 0.1) is 12.1 Å². The van der Waals surface area contributed by atoms with E-state index < -0.39 is 5.92 Å². The van der Waals surface area contributed by atoms with Crippen molar-refractivity contribution in [2.75, 3.05) is 0 Å². The van der Waals surface area contributed by atoms with Crippen molar-refractivity contribution in [3.05, 3.63) is 36.0 Å². The molecule has 0 unspecified atom stereocenters. The molecule has 0 bridgehead atoms. The van der Waals surface area contributed by atoms with Crippen LogP contribution in [0.1, 0.15) is 0 Å². The maximum Gasteiger partial charge on any atom is 0.151 e. The van der Waals surface area contributed by atoms with Crippen LogP contribution in [-0.2, 0) is 0 Å². The van der Waals surface area contributed by atoms with Crippen LogP contribution in [0.25, 0.3) is 0 Å². The Balaban J connectivity index is 4.33. The van der Waals surface area contributed by atoms with E-state index in [2.05, 4.69) is 0 Å². The van der Waals surface area contributed by atoms with E-state index in [1.165, 1.54) is 30.4 Å². The first-order valence-corrected chi connectivity index (χ1v) is 3.93. The van der Waals surface area contributed by atoms with Crippen LogP contribution in [0.5, 0.6) is 0 Å². The first-order chi connectivity index (χ1) is 7.28. The molecule has 0 spiro atoms. The van der Waals surface area contributed by atoms with Gasteiger partial charge in [-0.1, -0.05) is 24.3 Å². The molecular weight excluding hydrogens is 188 g/mol. The third-order valence-electron chi connectivity index (χ3n) is 1.31. The Hall–Kier alpha value is -2.82. The highest BCUT2D eigenvalue weighted by Gasteiger charge is 1.95. The van der Waals surface area contributed by atoms with Crippen molar-refractivity contribution in [3.63, 3.8) is 0 Å². The fraction of sp³-hybridized carbons (Fsp3) is 0.0909. The molecule has 0 fully saturated rings. The summed E-state index contributed by atoms with van der Waals surface area (Å²) in [6.07, 6.45) is 7.31. The highest BCUT2D eigenvalue weighted by Crippen LogP contribution is 1.95. The molecule has 0 aliphatic heterocycles. The van der Waals surface area contributed by atoms with Gasteiger partial charge in [0.2, 0.25) is 0 Å². The van der Waals surface area contributed by atoms with E-state index in [0.717, 1.165) is 0 Å². The van der Waals surface area contributed by atoms with Crippen molar-refractivity contribution in [2.24, 2.45) is 5.92 Å². The largest absolute Gasteiger partial charge is 0.197 e. The highest BCUT2D eigenvalue weighted by atomic mass is 14.3. The lowest BCUT2D eigenvalue weighted by Gasteiger charge is -1.83. The molecule has 4 nitrogen and oxygen atoms in total. The standard InChI is InChI=1S/C11H6N4/c12-6-10(7-13)4-2-1-3-5-11(8-14)9-15/h1-5,10H/b3-1+,4-2+. The number of allylic oxidation sites excluding steroid dienone is 6. The molecule has 0 aromatic rings. The van der Waals surface area contributed by atoms with E-state index in [1.807, 2.05) is 0 Å². The molecule has 0 atom stereocenters. The average Bonchev–Trinajstić information content (AvgIpc) is 2.29. The first-order valence-electron chi connectivity index (χ1n) is 3.93. The minimum absolute atomic E-state index is 0.00299. The molecule has 0 aromatic heterocycles. The predicted octanol–water partition coefficient (Wildman–Crippen LogP) is 1.74. The number of rotatable bonds is 3. The molecule has 0 amide bonds. The van der Waals surface area contributed by atoms with Crippen LogP contribution < -0.4 is 0 Å². The van der Waals surface area contributed by atoms with Crippen molar-refractivity contribution >= 4 is 0 Å². The second kappa shape index (κ2) is 7.81. The molecule has 0 saturated carbocycles. The van der Waals surface area contributed by atoms with E-state index in [-0.39, 0.29) is 5.57 Å². The summed E-state index contributed by atoms with van der Waals surface area (Å²) in [6, 6.07) is 6.93. The first kappa shape index (κ1) is 12.2. The number of nitriles is 4. The van der Waals surface area contributed by atoms with E-state index in [0.29, 0.717) is 0 Å². The quantitative estimate of drug-likeness (QED) is 0.504. The fourth-order valence-corrected chi connectivity index (χ4v) is 0.606. The third kappa shape index (κ3) is 5.42. The molecule has 4 heteroatoms. The summed E-state index contributed by atoms with van der Waals surface area (Å²) in [7, 11) is 0. The summed E-state index contributed by atoms with van der Waals surface area (Å²) in [6.45, 7) is 0. The Bertz CT molecular complexity index is 425. The number of hydrogen-bond acceptors (Lipinski definition) is 4. The molecule has 70 valence electrons. The Morgan fingerprint density at radius 1 is 0.867 bits per heavy atom. The lowest BCUT2D eigenvalue weighted by Crippen LogP contribution is -1.83. The fourth-order valence-electron chi connectivity index (χ4n) is 0.606. The second-order valence-electron chi connectivity index (χ2n) is 2.31. The van der Waals surface area contributed by atoms with Crippen molar-refractivity contribution in [2.45, 2.75) is 0 Å². The van der Waals surface area contributed by atoms with Crippen molar-refractivity contribution in [1.82, 2.24) is 0 Å². The summed E-state index contributed by atoms with van der Waals surface area (Å²) in [5, 5.41) is 33.5. The summed E-state index contributed by atoms with van der Waals surface area (Å²) in [5.74, 6) is -0.773. The van der Waals surface area contributed by atoms with Gasteiger partial charge in [0.15, 0.2) is 5.92 Å². The molecule has 0 saturated heterocycles. The van der Waals surface area contributed by atoms with E-state index in [4.69, 9.17) is 21.0 Å². The highest BCUT2D eigenvalue weighted by molar-refractivity contribution is 5.38. The maximum atomic E-state index is 8.40. The van der Waals surface area contributed by atoms with Gasteiger partial charge in [-0.2, -0.15) is 21.0 Å². The van der Waals surface area contributed by atoms with Gasteiger partial charge < -0.3 is 0 Å². The Morgan fingerprint density at radius 2 is 1.47 bits per heavy atom. The summed E-state index contributed by atoms with van der Waals surface area (Å²) >= 11 is 0. The molecule has 0 aromatic carbocycles.